The van der Waals surface area contributed by atoms with Crippen LogP contribution in [-0.2, 0) is 19.4 Å². The van der Waals surface area contributed by atoms with Gasteiger partial charge in [0.1, 0.15) is 0 Å². The van der Waals surface area contributed by atoms with Gasteiger partial charge in [-0.2, -0.15) is 0 Å². The largest absolute Gasteiger partial charge is 0.358 e. The van der Waals surface area contributed by atoms with Crippen molar-refractivity contribution in [2.24, 2.45) is 0 Å². The van der Waals surface area contributed by atoms with E-state index >= 15 is 0 Å². The maximum atomic E-state index is 4.15. The third-order valence-corrected chi connectivity index (χ3v) is 4.70. The molecular weight excluding hydrogens is 294 g/mol. The van der Waals surface area contributed by atoms with E-state index in [0.29, 0.717) is 0 Å². The van der Waals surface area contributed by atoms with Crippen LogP contribution in [0, 0.1) is 13.8 Å². The first-order chi connectivity index (χ1) is 11.6. The van der Waals surface area contributed by atoms with E-state index in [1.54, 1.807) is 0 Å². The topological polar surface area (TPSA) is 31.9 Å². The first-order valence-corrected chi connectivity index (χ1v) is 8.77. The van der Waals surface area contributed by atoms with E-state index in [1.165, 1.54) is 39.8 Å². The second-order valence-electron chi connectivity index (χ2n) is 6.78. The van der Waals surface area contributed by atoms with Gasteiger partial charge in [0.05, 0.1) is 0 Å². The number of fused-ring (bicyclic) bond motifs is 3. The van der Waals surface area contributed by atoms with E-state index in [1.807, 2.05) is 19.2 Å². The number of benzene rings is 1. The standard InChI is InChI=1S/C13H16N2.C8H11N/c1-9-3-4-12-10(7-9)11-8-15(2)6-5-13(11)14-12;1-3-8-5-4-7(2)9-6-8/h3-4,7,14H,5-6,8H2,1-2H3;4-6H,3H2,1-2H3. The molecule has 0 spiro atoms. The van der Waals surface area contributed by atoms with Crippen molar-refractivity contribution in [2.75, 3.05) is 13.6 Å². The van der Waals surface area contributed by atoms with Gasteiger partial charge >= 0.3 is 0 Å². The van der Waals surface area contributed by atoms with E-state index in [0.717, 1.165) is 25.1 Å². The summed E-state index contributed by atoms with van der Waals surface area (Å²) in [6, 6.07) is 10.8. The number of rotatable bonds is 1. The maximum Gasteiger partial charge on any atom is 0.0459 e. The summed E-state index contributed by atoms with van der Waals surface area (Å²) in [5.74, 6) is 0. The Morgan fingerprint density at radius 3 is 2.71 bits per heavy atom. The highest BCUT2D eigenvalue weighted by Crippen LogP contribution is 2.27. The fourth-order valence-electron chi connectivity index (χ4n) is 3.17. The van der Waals surface area contributed by atoms with Crippen LogP contribution in [0.25, 0.3) is 10.9 Å². The van der Waals surface area contributed by atoms with Gasteiger partial charge in [-0.15, -0.1) is 0 Å². The molecule has 0 bridgehead atoms. The van der Waals surface area contributed by atoms with Gasteiger partial charge in [0, 0.05) is 48.0 Å². The lowest BCUT2D eigenvalue weighted by Gasteiger charge is -2.22. The molecular formula is C21H27N3. The molecule has 1 aliphatic heterocycles. The molecule has 3 aromatic rings. The molecule has 0 amide bonds. The maximum absolute atomic E-state index is 4.15. The van der Waals surface area contributed by atoms with Crippen molar-refractivity contribution in [3.63, 3.8) is 0 Å². The first kappa shape index (κ1) is 16.7. The van der Waals surface area contributed by atoms with Crippen molar-refractivity contribution in [1.82, 2.24) is 14.9 Å². The molecule has 2 aromatic heterocycles. The molecule has 4 rings (SSSR count). The number of H-pyrrole nitrogens is 1. The van der Waals surface area contributed by atoms with E-state index in [-0.39, 0.29) is 0 Å². The molecule has 24 heavy (non-hydrogen) atoms. The smallest absolute Gasteiger partial charge is 0.0459 e. The number of nitrogens with one attached hydrogen (secondary N) is 1. The fourth-order valence-corrected chi connectivity index (χ4v) is 3.17. The summed E-state index contributed by atoms with van der Waals surface area (Å²) in [5.41, 5.74) is 7.97. The SMILES string of the molecule is CCc1ccc(C)nc1.Cc1ccc2[nH]c3c(c2c1)CN(C)CC3. The minimum absolute atomic E-state index is 1.08. The van der Waals surface area contributed by atoms with E-state index in [4.69, 9.17) is 0 Å². The Morgan fingerprint density at radius 1 is 1.17 bits per heavy atom. The molecule has 3 heteroatoms. The number of pyridine rings is 1. The van der Waals surface area contributed by atoms with Crippen LogP contribution in [0.3, 0.4) is 0 Å². The molecule has 126 valence electrons. The van der Waals surface area contributed by atoms with Gasteiger partial charge in [0.15, 0.2) is 0 Å². The number of aromatic nitrogens is 2. The Balaban J connectivity index is 0.000000162. The molecule has 1 aliphatic rings. The van der Waals surface area contributed by atoms with Gasteiger partial charge in [0.25, 0.3) is 0 Å². The van der Waals surface area contributed by atoms with E-state index < -0.39 is 0 Å². The predicted octanol–water partition coefficient (Wildman–Crippen LogP) is 4.42. The molecule has 0 unspecified atom stereocenters. The summed E-state index contributed by atoms with van der Waals surface area (Å²) in [5, 5.41) is 1.41. The quantitative estimate of drug-likeness (QED) is 0.719. The number of hydrogen-bond acceptors (Lipinski definition) is 2. The Hall–Kier alpha value is -2.13. The minimum Gasteiger partial charge on any atom is -0.358 e. The molecule has 3 heterocycles. The lowest BCUT2D eigenvalue weighted by Crippen LogP contribution is -2.25. The summed E-state index contributed by atoms with van der Waals surface area (Å²) >= 11 is 0. The molecule has 1 N–H and O–H groups in total. The van der Waals surface area contributed by atoms with Crippen LogP contribution in [0.5, 0.6) is 0 Å². The number of aromatic amines is 1. The zero-order valence-corrected chi connectivity index (χ0v) is 15.2. The van der Waals surface area contributed by atoms with Gasteiger partial charge < -0.3 is 9.88 Å². The number of aryl methyl sites for hydroxylation is 3. The molecule has 0 aliphatic carbocycles. The van der Waals surface area contributed by atoms with Crippen LogP contribution in [0.4, 0.5) is 0 Å². The zero-order chi connectivity index (χ0) is 17.1. The van der Waals surface area contributed by atoms with Crippen LogP contribution >= 0.6 is 0 Å². The van der Waals surface area contributed by atoms with Gasteiger partial charge in [-0.05, 0) is 56.6 Å². The molecule has 0 fully saturated rings. The highest BCUT2D eigenvalue weighted by atomic mass is 15.1. The highest BCUT2D eigenvalue weighted by molar-refractivity contribution is 5.85. The third-order valence-electron chi connectivity index (χ3n) is 4.70. The fraction of sp³-hybridized carbons (Fsp3) is 0.381. The second-order valence-corrected chi connectivity index (χ2v) is 6.78. The molecule has 0 saturated heterocycles. The summed E-state index contributed by atoms with van der Waals surface area (Å²) in [7, 11) is 2.19. The van der Waals surface area contributed by atoms with E-state index in [9.17, 15) is 0 Å². The second kappa shape index (κ2) is 7.18. The first-order valence-electron chi connectivity index (χ1n) is 8.77. The molecule has 3 nitrogen and oxygen atoms in total. The van der Waals surface area contributed by atoms with Gasteiger partial charge in [-0.1, -0.05) is 24.6 Å². The molecule has 0 radical (unpaired) electrons. The predicted molar refractivity (Wildman–Crippen MR) is 101 cm³/mol. The summed E-state index contributed by atoms with van der Waals surface area (Å²) in [6.45, 7) is 8.54. The van der Waals surface area contributed by atoms with Gasteiger partial charge in [-0.3, -0.25) is 4.98 Å². The summed E-state index contributed by atoms with van der Waals surface area (Å²) in [6.07, 6.45) is 4.15. The zero-order valence-electron chi connectivity index (χ0n) is 15.2. The normalized spacial score (nSPS) is 14.2. The van der Waals surface area contributed by atoms with Crippen molar-refractivity contribution in [1.29, 1.82) is 0 Å². The van der Waals surface area contributed by atoms with Crippen molar-refractivity contribution in [3.05, 3.63) is 64.6 Å². The number of nitrogens with zero attached hydrogens (tertiary/aromatic N) is 2. The van der Waals surface area contributed by atoms with Crippen LogP contribution in [0.1, 0.15) is 35.0 Å². The molecule has 0 saturated carbocycles. The van der Waals surface area contributed by atoms with Crippen LogP contribution in [-0.4, -0.2) is 28.5 Å². The number of hydrogen-bond donors (Lipinski definition) is 1. The van der Waals surface area contributed by atoms with Gasteiger partial charge in [0.2, 0.25) is 0 Å². The summed E-state index contributed by atoms with van der Waals surface area (Å²) in [4.78, 5) is 10.1. The molecule has 1 aromatic carbocycles. The Labute approximate surface area is 144 Å². The monoisotopic (exact) mass is 321 g/mol. The average Bonchev–Trinajstić information content (AvgIpc) is 2.93. The van der Waals surface area contributed by atoms with Gasteiger partial charge in [-0.25, -0.2) is 0 Å². The summed E-state index contributed by atoms with van der Waals surface area (Å²) < 4.78 is 0. The minimum atomic E-state index is 1.08. The van der Waals surface area contributed by atoms with Crippen LogP contribution in [0.2, 0.25) is 0 Å². The lowest BCUT2D eigenvalue weighted by atomic mass is 10.0. The number of likely N-dealkylation sites (N-methyl/N-ethyl adjacent to an activating group) is 1. The average molecular weight is 321 g/mol. The van der Waals surface area contributed by atoms with Crippen molar-refractivity contribution < 1.29 is 0 Å². The lowest BCUT2D eigenvalue weighted by molar-refractivity contribution is 0.313. The van der Waals surface area contributed by atoms with E-state index in [2.05, 4.69) is 60.0 Å². The third kappa shape index (κ3) is 3.68. The van der Waals surface area contributed by atoms with Crippen LogP contribution < -0.4 is 0 Å². The van der Waals surface area contributed by atoms with Crippen LogP contribution in [0.15, 0.2) is 36.5 Å². The van der Waals surface area contributed by atoms with Crippen molar-refractivity contribution in [2.45, 2.75) is 40.2 Å². The molecule has 0 atom stereocenters. The van der Waals surface area contributed by atoms with Crippen molar-refractivity contribution >= 4 is 10.9 Å². The highest BCUT2D eigenvalue weighted by Gasteiger charge is 2.17. The Kier molecular flexibility index (Phi) is 5.00. The Bertz CT molecular complexity index is 815. The Morgan fingerprint density at radius 2 is 2.00 bits per heavy atom. The van der Waals surface area contributed by atoms with Crippen molar-refractivity contribution in [3.8, 4) is 0 Å².